The van der Waals surface area contributed by atoms with E-state index < -0.39 is 0 Å². The van der Waals surface area contributed by atoms with Crippen LogP contribution in [0.2, 0.25) is 0 Å². The summed E-state index contributed by atoms with van der Waals surface area (Å²) in [6, 6.07) is 7.93. The molecular weight excluding hydrogens is 290 g/mol. The molecule has 120 valence electrons. The van der Waals surface area contributed by atoms with Crippen LogP contribution in [0.5, 0.6) is 17.2 Å². The summed E-state index contributed by atoms with van der Waals surface area (Å²) in [5.74, 6) is 0.901. The number of nitrogens with zero attached hydrogens (tertiary/aromatic N) is 1. The van der Waals surface area contributed by atoms with Crippen LogP contribution in [0.3, 0.4) is 0 Å². The molecule has 0 amide bonds. The second-order valence-electron chi connectivity index (χ2n) is 6.51. The zero-order valence-electron chi connectivity index (χ0n) is 13.5. The molecule has 4 heteroatoms. The van der Waals surface area contributed by atoms with E-state index in [0.29, 0.717) is 0 Å². The lowest BCUT2D eigenvalue weighted by atomic mass is 9.82. The summed E-state index contributed by atoms with van der Waals surface area (Å²) in [7, 11) is 1.72. The van der Waals surface area contributed by atoms with Gasteiger partial charge >= 0.3 is 0 Å². The summed E-state index contributed by atoms with van der Waals surface area (Å²) in [6.07, 6.45) is 1.83. The number of hydrogen-bond donors (Lipinski definition) is 2. The maximum atomic E-state index is 9.89. The van der Waals surface area contributed by atoms with Crippen LogP contribution in [0.4, 0.5) is 0 Å². The van der Waals surface area contributed by atoms with E-state index in [9.17, 15) is 10.2 Å². The van der Waals surface area contributed by atoms with Crippen LogP contribution in [-0.2, 0) is 19.4 Å². The largest absolute Gasteiger partial charge is 0.504 e. The number of fused-ring (bicyclic) bond motifs is 4. The van der Waals surface area contributed by atoms with Crippen LogP contribution in [0.1, 0.15) is 33.9 Å². The lowest BCUT2D eigenvalue weighted by Crippen LogP contribution is -2.39. The molecule has 0 saturated carbocycles. The molecule has 2 N–H and O–H groups in total. The third-order valence-electron chi connectivity index (χ3n) is 5.34. The van der Waals surface area contributed by atoms with Gasteiger partial charge in [0.1, 0.15) is 5.75 Å². The third-order valence-corrected chi connectivity index (χ3v) is 5.34. The van der Waals surface area contributed by atoms with Gasteiger partial charge in [-0.25, -0.2) is 0 Å². The molecule has 1 unspecified atom stereocenters. The Bertz CT molecular complexity index is 785. The van der Waals surface area contributed by atoms with Crippen molar-refractivity contribution in [1.82, 2.24) is 4.90 Å². The Morgan fingerprint density at radius 1 is 1.13 bits per heavy atom. The Hall–Kier alpha value is -2.20. The Balaban J connectivity index is 1.78. The average molecular weight is 311 g/mol. The molecule has 2 aliphatic rings. The quantitative estimate of drug-likeness (QED) is 0.795. The van der Waals surface area contributed by atoms with Gasteiger partial charge in [-0.05, 0) is 65.8 Å². The lowest BCUT2D eigenvalue weighted by molar-refractivity contribution is 0.159. The predicted molar refractivity (Wildman–Crippen MR) is 88.1 cm³/mol. The van der Waals surface area contributed by atoms with Crippen molar-refractivity contribution < 1.29 is 14.9 Å². The zero-order chi connectivity index (χ0) is 16.1. The first-order valence-corrected chi connectivity index (χ1v) is 8.02. The van der Waals surface area contributed by atoms with Crippen molar-refractivity contribution in [1.29, 1.82) is 0 Å². The SMILES string of the molecule is COc1ccc2c(c1C)CN1CCc3cc(O)c(O)cc3C1C2. The highest BCUT2D eigenvalue weighted by Gasteiger charge is 2.33. The average Bonchev–Trinajstić information content (AvgIpc) is 2.55. The Labute approximate surface area is 135 Å². The number of rotatable bonds is 1. The summed E-state index contributed by atoms with van der Waals surface area (Å²) in [5, 5.41) is 19.6. The minimum Gasteiger partial charge on any atom is -0.504 e. The standard InChI is InChI=1S/C19H21NO3/c1-11-15-10-20-6-5-13-8-17(21)18(22)9-14(13)16(20)7-12(15)3-4-19(11)23-2/h3-4,8-9,16,21-22H,5-7,10H2,1-2H3. The second-order valence-corrected chi connectivity index (χ2v) is 6.51. The van der Waals surface area contributed by atoms with Crippen molar-refractivity contribution in [2.45, 2.75) is 32.4 Å². The van der Waals surface area contributed by atoms with E-state index in [2.05, 4.69) is 17.9 Å². The van der Waals surface area contributed by atoms with Gasteiger partial charge < -0.3 is 14.9 Å². The van der Waals surface area contributed by atoms with Gasteiger partial charge in [0.2, 0.25) is 0 Å². The summed E-state index contributed by atoms with van der Waals surface area (Å²) in [5.41, 5.74) is 6.24. The summed E-state index contributed by atoms with van der Waals surface area (Å²) < 4.78 is 5.45. The fourth-order valence-corrected chi connectivity index (χ4v) is 4.04. The van der Waals surface area contributed by atoms with Gasteiger partial charge in [0.05, 0.1) is 7.11 Å². The number of methoxy groups -OCH3 is 1. The molecule has 0 saturated heterocycles. The minimum atomic E-state index is -0.0256. The number of aromatic hydroxyl groups is 2. The molecule has 23 heavy (non-hydrogen) atoms. The summed E-state index contributed by atoms with van der Waals surface area (Å²) >= 11 is 0. The molecule has 0 aromatic heterocycles. The molecule has 1 atom stereocenters. The van der Waals surface area contributed by atoms with Gasteiger partial charge in [0.25, 0.3) is 0 Å². The highest BCUT2D eigenvalue weighted by Crippen LogP contribution is 2.43. The van der Waals surface area contributed by atoms with Gasteiger partial charge in [0.15, 0.2) is 11.5 Å². The van der Waals surface area contributed by atoms with Gasteiger partial charge in [-0.15, -0.1) is 0 Å². The fraction of sp³-hybridized carbons (Fsp3) is 0.368. The van der Waals surface area contributed by atoms with E-state index in [1.807, 2.05) is 6.07 Å². The summed E-state index contributed by atoms with van der Waals surface area (Å²) in [6.45, 7) is 4.00. The van der Waals surface area contributed by atoms with E-state index in [1.54, 1.807) is 19.2 Å². The monoisotopic (exact) mass is 311 g/mol. The molecule has 0 radical (unpaired) electrons. The molecule has 2 aromatic rings. The van der Waals surface area contributed by atoms with Crippen molar-refractivity contribution in [2.75, 3.05) is 13.7 Å². The smallest absolute Gasteiger partial charge is 0.157 e. The molecule has 2 heterocycles. The maximum absolute atomic E-state index is 9.89. The number of phenols is 2. The van der Waals surface area contributed by atoms with E-state index in [-0.39, 0.29) is 17.5 Å². The molecule has 2 aliphatic heterocycles. The molecule has 0 aliphatic carbocycles. The predicted octanol–water partition coefficient (Wildman–Crippen LogP) is 3.07. The van der Waals surface area contributed by atoms with Crippen LogP contribution in [0.25, 0.3) is 0 Å². The molecule has 4 rings (SSSR count). The number of ether oxygens (including phenoxy) is 1. The Morgan fingerprint density at radius 2 is 1.91 bits per heavy atom. The van der Waals surface area contributed by atoms with Crippen LogP contribution < -0.4 is 4.74 Å². The first-order valence-electron chi connectivity index (χ1n) is 8.02. The van der Waals surface area contributed by atoms with E-state index in [4.69, 9.17) is 4.74 Å². The van der Waals surface area contributed by atoms with E-state index in [0.717, 1.165) is 42.8 Å². The van der Waals surface area contributed by atoms with Crippen molar-refractivity contribution in [3.63, 3.8) is 0 Å². The van der Waals surface area contributed by atoms with E-state index in [1.165, 1.54) is 16.7 Å². The van der Waals surface area contributed by atoms with Crippen molar-refractivity contribution in [2.24, 2.45) is 0 Å². The topological polar surface area (TPSA) is 52.9 Å². The minimum absolute atomic E-state index is 0.0195. The highest BCUT2D eigenvalue weighted by molar-refractivity contribution is 5.51. The lowest BCUT2D eigenvalue weighted by Gasteiger charge is -2.42. The molecular formula is C19H21NO3. The molecule has 4 nitrogen and oxygen atoms in total. The van der Waals surface area contributed by atoms with Crippen LogP contribution in [0.15, 0.2) is 24.3 Å². The van der Waals surface area contributed by atoms with Crippen molar-refractivity contribution >= 4 is 0 Å². The maximum Gasteiger partial charge on any atom is 0.157 e. The van der Waals surface area contributed by atoms with Gasteiger partial charge in [0, 0.05) is 19.1 Å². The number of phenolic OH excluding ortho intramolecular Hbond substituents is 2. The first kappa shape index (κ1) is 14.4. The highest BCUT2D eigenvalue weighted by atomic mass is 16.5. The fourth-order valence-electron chi connectivity index (χ4n) is 4.04. The molecule has 0 spiro atoms. The van der Waals surface area contributed by atoms with Gasteiger partial charge in [-0.2, -0.15) is 0 Å². The number of hydrogen-bond acceptors (Lipinski definition) is 4. The zero-order valence-corrected chi connectivity index (χ0v) is 13.5. The Morgan fingerprint density at radius 3 is 2.70 bits per heavy atom. The van der Waals surface area contributed by atoms with Crippen molar-refractivity contribution in [3.8, 4) is 17.2 Å². The molecule has 2 aromatic carbocycles. The van der Waals surface area contributed by atoms with E-state index >= 15 is 0 Å². The van der Waals surface area contributed by atoms with Crippen LogP contribution >= 0.6 is 0 Å². The van der Waals surface area contributed by atoms with Crippen LogP contribution in [-0.4, -0.2) is 28.8 Å². The van der Waals surface area contributed by atoms with Gasteiger partial charge in [-0.3, -0.25) is 4.90 Å². The van der Waals surface area contributed by atoms with Gasteiger partial charge in [-0.1, -0.05) is 6.07 Å². The Kier molecular flexibility index (Phi) is 3.23. The third kappa shape index (κ3) is 2.17. The molecule has 0 fully saturated rings. The second kappa shape index (κ2) is 5.17. The van der Waals surface area contributed by atoms with Crippen molar-refractivity contribution in [3.05, 3.63) is 52.1 Å². The summed E-state index contributed by atoms with van der Waals surface area (Å²) in [4.78, 5) is 2.47. The van der Waals surface area contributed by atoms with Crippen LogP contribution in [0, 0.1) is 6.92 Å². The normalized spacial score (nSPS) is 19.7. The number of benzene rings is 2. The first-order chi connectivity index (χ1) is 11.1. The molecule has 0 bridgehead atoms.